The first-order valence-corrected chi connectivity index (χ1v) is 40.6. The highest BCUT2D eigenvalue weighted by atomic mass is 35.5. The normalized spacial score (nSPS) is 33.0. The van der Waals surface area contributed by atoms with Crippen LogP contribution in [0, 0.1) is 40.9 Å². The number of methoxy groups -OCH3 is 1. The van der Waals surface area contributed by atoms with E-state index in [1.165, 1.54) is 101 Å². The quantitative estimate of drug-likeness (QED) is 0.121. The minimum atomic E-state index is -4.54. The number of likely N-dealkylation sites (N-methyl/N-ethyl adjacent to an activating group) is 6. The predicted molar refractivity (Wildman–Crippen MR) is 403 cm³/mol. The number of fused-ring (bicyclic) bond motifs is 4. The van der Waals surface area contributed by atoms with Crippen LogP contribution in [0.4, 0.5) is 13.2 Å². The van der Waals surface area contributed by atoms with Crippen molar-refractivity contribution >= 4 is 82.5 Å². The molecule has 109 heavy (non-hydrogen) atoms. The van der Waals surface area contributed by atoms with E-state index in [2.05, 4.69) is 22.9 Å². The van der Waals surface area contributed by atoms with Gasteiger partial charge in [-0.3, -0.25) is 57.5 Å². The van der Waals surface area contributed by atoms with Crippen LogP contribution in [-0.2, 0) is 67.0 Å². The van der Waals surface area contributed by atoms with Crippen molar-refractivity contribution in [3.05, 3.63) is 12.2 Å². The average molecular weight is 1560 g/mol. The second-order valence-electron chi connectivity index (χ2n) is 34.4. The lowest BCUT2D eigenvalue weighted by molar-refractivity contribution is -0.182. The van der Waals surface area contributed by atoms with Gasteiger partial charge in [-0.2, -0.15) is 13.2 Å². The van der Waals surface area contributed by atoms with E-state index in [1.807, 2.05) is 40.7 Å². The molecule has 0 aromatic heterocycles. The number of halogens is 4. The fourth-order valence-electron chi connectivity index (χ4n) is 18.9. The molecule has 14 atom stereocenters. The number of amides is 12. The van der Waals surface area contributed by atoms with E-state index >= 15 is 47.9 Å². The molecule has 4 aliphatic heterocycles. The number of carbonyl (C=O) groups is 12. The summed E-state index contributed by atoms with van der Waals surface area (Å²) in [6, 6.07) is -11.4. The van der Waals surface area contributed by atoms with Crippen molar-refractivity contribution in [1.82, 2.24) is 60.0 Å². The zero-order valence-corrected chi connectivity index (χ0v) is 68.1. The summed E-state index contributed by atoms with van der Waals surface area (Å²) in [7, 11) is 11.7. The van der Waals surface area contributed by atoms with Crippen LogP contribution in [0.15, 0.2) is 12.2 Å². The van der Waals surface area contributed by atoms with Gasteiger partial charge in [0.25, 0.3) is 0 Å². The molecule has 2 bridgehead atoms. The van der Waals surface area contributed by atoms with Gasteiger partial charge < -0.3 is 69.5 Å². The summed E-state index contributed by atoms with van der Waals surface area (Å²) in [5.41, 5.74) is -2.18. The highest BCUT2D eigenvalue weighted by Gasteiger charge is 2.60. The highest BCUT2D eigenvalue weighted by molar-refractivity contribution is 6.21. The van der Waals surface area contributed by atoms with E-state index < -0.39 is 191 Å². The molecule has 0 radical (unpaired) electrons. The molecule has 4 heterocycles. The first-order valence-electron chi connectivity index (χ1n) is 40.1. The van der Waals surface area contributed by atoms with Crippen LogP contribution in [0.1, 0.15) is 203 Å². The van der Waals surface area contributed by atoms with E-state index in [0.717, 1.165) is 38.5 Å². The minimum Gasteiger partial charge on any atom is -0.380 e. The third-order valence-electron chi connectivity index (χ3n) is 24.9. The van der Waals surface area contributed by atoms with Crippen molar-refractivity contribution in [3.63, 3.8) is 0 Å². The number of carbonyl (C=O) groups excluding carboxylic acids is 12. The summed E-state index contributed by atoms with van der Waals surface area (Å²) >= 11 is 6.49. The van der Waals surface area contributed by atoms with Gasteiger partial charge in [0, 0.05) is 101 Å². The first-order chi connectivity index (χ1) is 51.3. The van der Waals surface area contributed by atoms with Gasteiger partial charge in [-0.25, -0.2) is 0 Å². The van der Waals surface area contributed by atoms with E-state index in [-0.39, 0.29) is 122 Å². The highest BCUT2D eigenvalue weighted by Crippen LogP contribution is 2.50. The molecule has 614 valence electrons. The second-order valence-corrected chi connectivity index (χ2v) is 35.0. The number of hydrogen-bond acceptors (Lipinski definition) is 14. The fraction of sp³-hybridized carbons (Fsp3) is 0.823. The summed E-state index contributed by atoms with van der Waals surface area (Å²) in [6.45, 7) is 12.8. The molecule has 0 aromatic rings. The molecule has 3 unspecified atom stereocenters. The molecule has 12 amide bonds. The van der Waals surface area contributed by atoms with Gasteiger partial charge in [0.2, 0.25) is 70.9 Å². The van der Waals surface area contributed by atoms with Crippen molar-refractivity contribution in [2.75, 3.05) is 89.2 Å². The Labute approximate surface area is 648 Å². The van der Waals surface area contributed by atoms with Gasteiger partial charge in [0.15, 0.2) is 0 Å². The Morgan fingerprint density at radius 2 is 1.29 bits per heavy atom. The third-order valence-corrected chi connectivity index (χ3v) is 25.4. The maximum absolute atomic E-state index is 15.8. The number of rotatable bonds is 14. The molecule has 8 rings (SSSR count). The Kier molecular flexibility index (Phi) is 30.5. The van der Waals surface area contributed by atoms with Gasteiger partial charge in [-0.15, -0.1) is 11.6 Å². The third kappa shape index (κ3) is 21.2. The number of hydrogen-bond donors (Lipinski definition) is 3. The van der Waals surface area contributed by atoms with Crippen LogP contribution in [-0.4, -0.2) is 288 Å². The standard InChI is InChI=1S/C79H126ClF3N12O14/c1-16-23-58-67(98)85-57(36-47(3)4)70(101)95-42-52(108-15)39-63(95)73(104)90(12)59-26-19-18-22-35-93(74(59)105)62(38-50-29-27-48(5)28-30-50)72(103)88(10)44-64(96)84-56(34-32-49-31-33-54(55(80)37-49)79(81,82)83)69(100)94-43-53(109-17-2)40-60(94)68(99)86-78(45-77(6,7)46-78)76(107)92(14)66(51-24-20-21-25-51)75(106)91(13)61(71(102)87(8)9)41-65(97)89(58)11/h18-19,47-63,66H,16-17,20-46H2,1-15H3,(H,84,96)(H,85,98)(H,86,99)/b19-18-/t48?,49?,50?,52-,53+,54?,55?,56-,57-,58-,59-,60-,61-,62-,63-,66-/m0/s1. The van der Waals surface area contributed by atoms with Crippen LogP contribution >= 0.6 is 11.6 Å². The fourth-order valence-corrected chi connectivity index (χ4v) is 19.4. The molecule has 1 spiro atoms. The molecule has 8 aliphatic rings. The van der Waals surface area contributed by atoms with Crippen LogP contribution in [0.25, 0.3) is 0 Å². The SMILES string of the molecule is CCC[C@H]1C(=O)N[C@@H](CC(C)C)C(=O)N2C[C@@H](OC)C[C@H]2C(=O)N(C)[C@H]2C/C=C\CCN(C2=O)[C@@H](CC2CCC(C)CC2)C(=O)N(C)CC(=O)N[C@@H](CCC2CCC(C(F)(F)F)C(Cl)C2)C(=O)N2C[C@H](OCC)C[C@H]2C(=O)NC2(CC(C)(C)C2)C(=O)N(C)[C@@H](C2CCCC2)C(=O)N(C)[C@H](C(=O)N(C)C)CC(=O)N1C. The Bertz CT molecular complexity index is 3290. The van der Waals surface area contributed by atoms with Crippen LogP contribution in [0.2, 0.25) is 0 Å². The van der Waals surface area contributed by atoms with E-state index in [1.54, 1.807) is 13.0 Å². The van der Waals surface area contributed by atoms with Gasteiger partial charge in [0.1, 0.15) is 59.9 Å². The van der Waals surface area contributed by atoms with Crippen molar-refractivity contribution in [2.45, 2.75) is 286 Å². The van der Waals surface area contributed by atoms with Crippen molar-refractivity contribution in [2.24, 2.45) is 40.9 Å². The van der Waals surface area contributed by atoms with Gasteiger partial charge in [-0.05, 0) is 132 Å². The summed E-state index contributed by atoms with van der Waals surface area (Å²) in [5, 5.41) is 7.68. The monoisotopic (exact) mass is 1560 g/mol. The molecule has 7 fully saturated rings. The van der Waals surface area contributed by atoms with E-state index in [0.29, 0.717) is 31.6 Å². The Balaban J connectivity index is 1.23. The summed E-state index contributed by atoms with van der Waals surface area (Å²) in [6.07, 6.45) is 4.19. The van der Waals surface area contributed by atoms with Crippen molar-refractivity contribution in [1.29, 1.82) is 0 Å². The molecular weight excluding hydrogens is 1430 g/mol. The zero-order valence-electron chi connectivity index (χ0n) is 67.3. The Morgan fingerprint density at radius 1 is 0.670 bits per heavy atom. The minimum absolute atomic E-state index is 0.0194. The Morgan fingerprint density at radius 3 is 1.89 bits per heavy atom. The molecule has 4 aliphatic carbocycles. The summed E-state index contributed by atoms with van der Waals surface area (Å²) in [4.78, 5) is 196. The molecule has 0 aromatic carbocycles. The predicted octanol–water partition coefficient (Wildman–Crippen LogP) is 6.68. The smallest absolute Gasteiger partial charge is 0.380 e. The average Bonchev–Trinajstić information content (AvgIpc) is 1.37. The van der Waals surface area contributed by atoms with Gasteiger partial charge >= 0.3 is 6.18 Å². The lowest BCUT2D eigenvalue weighted by Crippen LogP contribution is -2.71. The molecule has 3 N–H and O–H groups in total. The lowest BCUT2D eigenvalue weighted by Gasteiger charge is -2.54. The molecule has 4 saturated carbocycles. The lowest BCUT2D eigenvalue weighted by atomic mass is 9.58. The maximum atomic E-state index is 15.8. The first kappa shape index (κ1) is 88.0. The molecule has 26 nitrogen and oxygen atoms in total. The van der Waals surface area contributed by atoms with Crippen LogP contribution in [0.5, 0.6) is 0 Å². The van der Waals surface area contributed by atoms with E-state index in [4.69, 9.17) is 21.1 Å². The van der Waals surface area contributed by atoms with Crippen LogP contribution < -0.4 is 16.0 Å². The second kappa shape index (κ2) is 37.8. The molecule has 30 heteroatoms. The van der Waals surface area contributed by atoms with E-state index in [9.17, 15) is 22.8 Å². The summed E-state index contributed by atoms with van der Waals surface area (Å²) in [5.74, 6) is -10.2. The van der Waals surface area contributed by atoms with Gasteiger partial charge in [0.05, 0.1) is 31.1 Å². The van der Waals surface area contributed by atoms with Crippen LogP contribution in [0.3, 0.4) is 0 Å². The zero-order chi connectivity index (χ0) is 80.5. The Hall–Kier alpha value is -6.62. The van der Waals surface area contributed by atoms with Crippen molar-refractivity contribution in [3.8, 4) is 0 Å². The van der Waals surface area contributed by atoms with Gasteiger partial charge in [-0.1, -0.05) is 98.6 Å². The number of alkyl halides is 4. The number of nitrogens with one attached hydrogen (secondary N) is 3. The van der Waals surface area contributed by atoms with Crippen molar-refractivity contribution < 1.29 is 80.2 Å². The number of ether oxygens (including phenoxy) is 2. The molecule has 3 saturated heterocycles. The largest absolute Gasteiger partial charge is 0.393 e. The molecular formula is C79H126ClF3N12O14. The summed E-state index contributed by atoms with van der Waals surface area (Å²) < 4.78 is 54.6. The topological polar surface area (TPSA) is 289 Å². The maximum Gasteiger partial charge on any atom is 0.393 e. The number of nitrogens with zero attached hydrogens (tertiary/aromatic N) is 9.